The summed E-state index contributed by atoms with van der Waals surface area (Å²) in [5.41, 5.74) is 2.59. The lowest BCUT2D eigenvalue weighted by Crippen LogP contribution is -2.09. The Hall–Kier alpha value is -2.93. The average Bonchev–Trinajstić information content (AvgIpc) is 3.10. The van der Waals surface area contributed by atoms with Gasteiger partial charge in [-0.2, -0.15) is 4.68 Å². The summed E-state index contributed by atoms with van der Waals surface area (Å²) < 4.78 is 1.62. The second-order valence-corrected chi connectivity index (χ2v) is 6.97. The van der Waals surface area contributed by atoms with Gasteiger partial charge in [0.2, 0.25) is 10.9 Å². The number of nitrogens with zero attached hydrogens (tertiary/aromatic N) is 5. The minimum atomic E-state index is -0.0636. The first-order valence-electron chi connectivity index (χ1n) is 8.06. The molecule has 0 N–H and O–H groups in total. The van der Waals surface area contributed by atoms with Crippen molar-refractivity contribution in [1.29, 1.82) is 0 Å². The van der Waals surface area contributed by atoms with Crippen LogP contribution < -0.4 is 0 Å². The number of aryl methyl sites for hydroxylation is 1. The van der Waals surface area contributed by atoms with Crippen molar-refractivity contribution >= 4 is 17.5 Å². The number of hydrogen-bond donors (Lipinski definition) is 0. The maximum Gasteiger partial charge on any atom is 0.219 e. The number of allylic oxidation sites excluding steroid dienone is 1. The molecule has 1 aromatic heterocycles. The quantitative estimate of drug-likeness (QED) is 0.379. The fraction of sp³-hybridized carbons (Fsp3) is 0.158. The molecule has 0 aliphatic heterocycles. The van der Waals surface area contributed by atoms with Gasteiger partial charge < -0.3 is 4.90 Å². The minimum Gasteiger partial charge on any atom is -0.382 e. The van der Waals surface area contributed by atoms with Crippen molar-refractivity contribution in [3.8, 4) is 5.69 Å². The number of ketones is 1. The zero-order valence-electron chi connectivity index (χ0n) is 14.8. The molecule has 3 aromatic rings. The number of carbonyl (C=O) groups is 1. The first-order chi connectivity index (χ1) is 12.5. The first-order valence-corrected chi connectivity index (χ1v) is 8.87. The Morgan fingerprint density at radius 2 is 1.77 bits per heavy atom. The number of thioether (sulfide) groups is 1. The smallest absolute Gasteiger partial charge is 0.219 e. The standard InChI is InChI=1S/C19H19N5OS/c1-14-9-11-15(12-10-14)18(25)17(13-23(2)3)26-19-20-21-22-24(19)16-7-5-4-6-8-16/h4-13H,1-3H3/b17-13-. The van der Waals surface area contributed by atoms with Crippen molar-refractivity contribution in [2.24, 2.45) is 0 Å². The minimum absolute atomic E-state index is 0.0636. The highest BCUT2D eigenvalue weighted by Crippen LogP contribution is 2.29. The number of rotatable bonds is 6. The maximum atomic E-state index is 13.0. The van der Waals surface area contributed by atoms with Gasteiger partial charge in [-0.15, -0.1) is 5.10 Å². The molecule has 0 bridgehead atoms. The van der Waals surface area contributed by atoms with Crippen molar-refractivity contribution in [1.82, 2.24) is 25.1 Å². The fourth-order valence-corrected chi connectivity index (χ4v) is 3.26. The van der Waals surface area contributed by atoms with E-state index in [1.54, 1.807) is 10.9 Å². The van der Waals surface area contributed by atoms with E-state index in [4.69, 9.17) is 0 Å². The molecule has 1 heterocycles. The van der Waals surface area contributed by atoms with Gasteiger partial charge >= 0.3 is 0 Å². The molecule has 0 radical (unpaired) electrons. The van der Waals surface area contributed by atoms with E-state index in [-0.39, 0.29) is 5.78 Å². The van der Waals surface area contributed by atoms with E-state index < -0.39 is 0 Å². The van der Waals surface area contributed by atoms with Crippen LogP contribution in [0.25, 0.3) is 5.69 Å². The number of tetrazole rings is 1. The van der Waals surface area contributed by atoms with E-state index in [0.29, 0.717) is 15.6 Å². The van der Waals surface area contributed by atoms with Crippen molar-refractivity contribution < 1.29 is 4.79 Å². The van der Waals surface area contributed by atoms with Crippen LogP contribution in [0.2, 0.25) is 0 Å². The summed E-state index contributed by atoms with van der Waals surface area (Å²) in [4.78, 5) is 15.4. The van der Waals surface area contributed by atoms with Crippen LogP contribution in [0.4, 0.5) is 0 Å². The highest BCUT2D eigenvalue weighted by molar-refractivity contribution is 8.03. The molecular formula is C19H19N5OS. The van der Waals surface area contributed by atoms with Crippen molar-refractivity contribution in [2.75, 3.05) is 14.1 Å². The topological polar surface area (TPSA) is 63.9 Å². The third-order valence-corrected chi connectivity index (χ3v) is 4.50. The Balaban J connectivity index is 1.93. The Morgan fingerprint density at radius 1 is 1.08 bits per heavy atom. The molecule has 26 heavy (non-hydrogen) atoms. The molecule has 2 aromatic carbocycles. The monoisotopic (exact) mass is 365 g/mol. The zero-order valence-corrected chi connectivity index (χ0v) is 15.6. The Morgan fingerprint density at radius 3 is 2.42 bits per heavy atom. The summed E-state index contributed by atoms with van der Waals surface area (Å²) in [6.45, 7) is 1.99. The lowest BCUT2D eigenvalue weighted by molar-refractivity contribution is 0.104. The van der Waals surface area contributed by atoms with Gasteiger partial charge in [-0.3, -0.25) is 4.79 Å². The summed E-state index contributed by atoms with van der Waals surface area (Å²) in [5.74, 6) is -0.0636. The lowest BCUT2D eigenvalue weighted by atomic mass is 10.1. The van der Waals surface area contributed by atoms with Crippen LogP contribution in [0.5, 0.6) is 0 Å². The molecule has 3 rings (SSSR count). The lowest BCUT2D eigenvalue weighted by Gasteiger charge is -2.11. The van der Waals surface area contributed by atoms with Crippen LogP contribution in [0.3, 0.4) is 0 Å². The van der Waals surface area contributed by atoms with Gasteiger partial charge in [0.25, 0.3) is 0 Å². The van der Waals surface area contributed by atoms with E-state index in [0.717, 1.165) is 11.3 Å². The summed E-state index contributed by atoms with van der Waals surface area (Å²) in [6, 6.07) is 17.1. The van der Waals surface area contributed by atoms with E-state index >= 15 is 0 Å². The van der Waals surface area contributed by atoms with E-state index in [9.17, 15) is 4.79 Å². The molecule has 0 aliphatic carbocycles. The van der Waals surface area contributed by atoms with E-state index in [1.807, 2.05) is 80.5 Å². The number of para-hydroxylation sites is 1. The molecule has 0 atom stereocenters. The van der Waals surface area contributed by atoms with Crippen LogP contribution in [0.1, 0.15) is 15.9 Å². The molecule has 0 saturated heterocycles. The van der Waals surface area contributed by atoms with Gasteiger partial charge in [-0.1, -0.05) is 48.0 Å². The van der Waals surface area contributed by atoms with Crippen LogP contribution in [-0.2, 0) is 0 Å². The summed E-state index contributed by atoms with van der Waals surface area (Å²) in [5, 5.41) is 12.4. The van der Waals surface area contributed by atoms with Crippen molar-refractivity contribution in [3.05, 3.63) is 76.8 Å². The molecule has 7 heteroatoms. The maximum absolute atomic E-state index is 13.0. The van der Waals surface area contributed by atoms with E-state index in [1.165, 1.54) is 11.8 Å². The Bertz CT molecular complexity index is 917. The fourth-order valence-electron chi connectivity index (χ4n) is 2.29. The Kier molecular flexibility index (Phi) is 5.48. The number of Topliss-reactive ketones (excluding diaryl/α,β-unsaturated/α-hetero) is 1. The van der Waals surface area contributed by atoms with Gasteiger partial charge in [0.05, 0.1) is 10.6 Å². The summed E-state index contributed by atoms with van der Waals surface area (Å²) >= 11 is 1.25. The van der Waals surface area contributed by atoms with Gasteiger partial charge in [-0.25, -0.2) is 0 Å². The third kappa shape index (κ3) is 4.18. The molecular weight excluding hydrogens is 346 g/mol. The first kappa shape index (κ1) is 17.9. The molecule has 0 spiro atoms. The highest BCUT2D eigenvalue weighted by Gasteiger charge is 2.19. The average molecular weight is 365 g/mol. The predicted molar refractivity (Wildman–Crippen MR) is 102 cm³/mol. The summed E-state index contributed by atoms with van der Waals surface area (Å²) in [6.07, 6.45) is 1.79. The summed E-state index contributed by atoms with van der Waals surface area (Å²) in [7, 11) is 3.76. The second-order valence-electron chi connectivity index (χ2n) is 5.96. The molecule has 0 unspecified atom stereocenters. The number of hydrogen-bond acceptors (Lipinski definition) is 6. The molecule has 6 nitrogen and oxygen atoms in total. The number of carbonyl (C=O) groups excluding carboxylic acids is 1. The van der Waals surface area contributed by atoms with E-state index in [2.05, 4.69) is 15.5 Å². The normalized spacial score (nSPS) is 11.4. The van der Waals surface area contributed by atoms with Gasteiger partial charge in [0.15, 0.2) is 0 Å². The van der Waals surface area contributed by atoms with Crippen LogP contribution in [-0.4, -0.2) is 45.0 Å². The number of aromatic nitrogens is 4. The third-order valence-electron chi connectivity index (χ3n) is 3.56. The van der Waals surface area contributed by atoms with Gasteiger partial charge in [0.1, 0.15) is 0 Å². The zero-order chi connectivity index (χ0) is 18.5. The molecule has 132 valence electrons. The van der Waals surface area contributed by atoms with Crippen LogP contribution in [0, 0.1) is 6.92 Å². The number of benzene rings is 2. The molecule has 0 saturated carbocycles. The predicted octanol–water partition coefficient (Wildman–Crippen LogP) is 3.35. The van der Waals surface area contributed by atoms with Crippen molar-refractivity contribution in [2.45, 2.75) is 12.1 Å². The van der Waals surface area contributed by atoms with Crippen LogP contribution in [0.15, 0.2) is 70.9 Å². The van der Waals surface area contributed by atoms with Gasteiger partial charge in [-0.05, 0) is 41.2 Å². The van der Waals surface area contributed by atoms with Crippen LogP contribution >= 0.6 is 11.8 Å². The second kappa shape index (κ2) is 7.97. The SMILES string of the molecule is Cc1ccc(C(=O)/C(=C/N(C)C)Sc2nnnn2-c2ccccc2)cc1. The highest BCUT2D eigenvalue weighted by atomic mass is 32.2. The molecule has 0 aliphatic rings. The Labute approximate surface area is 156 Å². The molecule has 0 fully saturated rings. The van der Waals surface area contributed by atoms with Gasteiger partial charge in [0, 0.05) is 25.9 Å². The largest absolute Gasteiger partial charge is 0.382 e. The molecule has 0 amide bonds. The van der Waals surface area contributed by atoms with Crippen molar-refractivity contribution in [3.63, 3.8) is 0 Å².